The number of hydrogen-bond acceptors (Lipinski definition) is 2. The Bertz CT molecular complexity index is 1680. The lowest BCUT2D eigenvalue weighted by atomic mass is 10.0. The van der Waals surface area contributed by atoms with E-state index < -0.39 is 23.0 Å². The number of pyridine rings is 1. The molecule has 0 saturated carbocycles. The van der Waals surface area contributed by atoms with E-state index in [4.69, 9.17) is 11.3 Å². The highest BCUT2D eigenvalue weighted by molar-refractivity contribution is 5.67. The van der Waals surface area contributed by atoms with Gasteiger partial charge < -0.3 is 9.30 Å². The molecule has 0 radical (unpaired) electrons. The first-order valence-corrected chi connectivity index (χ1v) is 12.7. The van der Waals surface area contributed by atoms with E-state index >= 15 is 0 Å². The molecule has 0 N–H and O–H groups in total. The third-order valence-corrected chi connectivity index (χ3v) is 7.37. The van der Waals surface area contributed by atoms with Crippen LogP contribution in [0.15, 0.2) is 65.5 Å². The van der Waals surface area contributed by atoms with Crippen LogP contribution in [0.1, 0.15) is 45.4 Å². The average molecular weight is 529 g/mol. The molecule has 1 aliphatic rings. The minimum absolute atomic E-state index is 0.0364. The molecule has 198 valence electrons. The zero-order valence-corrected chi connectivity index (χ0v) is 21.9. The van der Waals surface area contributed by atoms with E-state index in [0.29, 0.717) is 11.3 Å². The maximum Gasteiger partial charge on any atom is 0.407 e. The maximum atomic E-state index is 13.9. The van der Waals surface area contributed by atoms with E-state index in [0.717, 1.165) is 47.8 Å². The molecule has 7 heteroatoms. The molecule has 0 spiro atoms. The van der Waals surface area contributed by atoms with E-state index in [1.54, 1.807) is 24.3 Å². The van der Waals surface area contributed by atoms with Gasteiger partial charge in [-0.25, -0.2) is 4.85 Å². The number of aryl methyl sites for hydroxylation is 3. The molecule has 0 unspecified atom stereocenters. The molecule has 0 amide bonds. The largest absolute Gasteiger partial charge is 0.457 e. The van der Waals surface area contributed by atoms with Crippen molar-refractivity contribution in [3.63, 3.8) is 0 Å². The van der Waals surface area contributed by atoms with Crippen LogP contribution in [-0.4, -0.2) is 4.57 Å². The van der Waals surface area contributed by atoms with Crippen LogP contribution in [-0.2, 0) is 25.6 Å². The number of fused-ring (bicyclic) bond motifs is 1. The SMILES string of the molecule is [C-]#[N+]c1c(C(F)(F)F)cc(-c2ccc(Oc3ccc(C)c4c3CCC4)cc2)n(Cc2ccc(C)cc2C)c1=O. The van der Waals surface area contributed by atoms with Gasteiger partial charge >= 0.3 is 6.18 Å². The summed E-state index contributed by atoms with van der Waals surface area (Å²) >= 11 is 0. The molecule has 0 atom stereocenters. The summed E-state index contributed by atoms with van der Waals surface area (Å²) in [4.78, 5) is 16.3. The highest BCUT2D eigenvalue weighted by Gasteiger charge is 2.36. The standard InChI is InChI=1S/C32H27F3N2O2/c1-19-8-10-23(21(3)16-19)18-37-28(17-27(32(33,34)35)30(36-4)31(37)38)22-11-13-24(14-12-22)39-29-15-9-20(2)25-6-5-7-26(25)29/h8-17H,5-7,18H2,1-3H3. The number of halogens is 3. The van der Waals surface area contributed by atoms with Gasteiger partial charge in [-0.2, -0.15) is 13.2 Å². The fourth-order valence-electron chi connectivity index (χ4n) is 5.32. The summed E-state index contributed by atoms with van der Waals surface area (Å²) in [5.74, 6) is 1.34. The first-order chi connectivity index (χ1) is 18.6. The number of nitrogens with zero attached hydrogens (tertiary/aromatic N) is 2. The molecule has 4 nitrogen and oxygen atoms in total. The number of hydrogen-bond donors (Lipinski definition) is 0. The fraction of sp³-hybridized carbons (Fsp3) is 0.250. The van der Waals surface area contributed by atoms with Gasteiger partial charge in [0.15, 0.2) is 0 Å². The molecular formula is C32H27F3N2O2. The van der Waals surface area contributed by atoms with Gasteiger partial charge in [-0.15, -0.1) is 0 Å². The summed E-state index contributed by atoms with van der Waals surface area (Å²) in [5, 5.41) is 0. The second kappa shape index (κ2) is 10.1. The Morgan fingerprint density at radius 3 is 2.31 bits per heavy atom. The van der Waals surface area contributed by atoms with Crippen molar-refractivity contribution in [2.24, 2.45) is 0 Å². The van der Waals surface area contributed by atoms with Crippen molar-refractivity contribution < 1.29 is 17.9 Å². The predicted molar refractivity (Wildman–Crippen MR) is 146 cm³/mol. The van der Waals surface area contributed by atoms with Crippen molar-refractivity contribution in [3.8, 4) is 22.8 Å². The normalized spacial score (nSPS) is 12.7. The van der Waals surface area contributed by atoms with Crippen molar-refractivity contribution in [2.45, 2.75) is 52.8 Å². The van der Waals surface area contributed by atoms with Crippen molar-refractivity contribution in [3.05, 3.63) is 121 Å². The quantitative estimate of drug-likeness (QED) is 0.244. The molecule has 39 heavy (non-hydrogen) atoms. The Labute approximate surface area is 225 Å². The molecule has 0 aliphatic heterocycles. The van der Waals surface area contributed by atoms with Gasteiger partial charge in [-0.3, -0.25) is 4.79 Å². The minimum atomic E-state index is -4.85. The molecule has 0 fully saturated rings. The second-order valence-corrected chi connectivity index (χ2v) is 10.0. The van der Waals surface area contributed by atoms with Crippen LogP contribution in [0, 0.1) is 27.3 Å². The smallest absolute Gasteiger partial charge is 0.407 e. The number of rotatable bonds is 5. The molecule has 1 aromatic heterocycles. The van der Waals surface area contributed by atoms with Crippen LogP contribution in [0.5, 0.6) is 11.5 Å². The zero-order chi connectivity index (χ0) is 27.9. The van der Waals surface area contributed by atoms with Crippen molar-refractivity contribution in [1.29, 1.82) is 0 Å². The average Bonchev–Trinajstić information content (AvgIpc) is 3.39. The van der Waals surface area contributed by atoms with E-state index in [-0.39, 0.29) is 12.2 Å². The van der Waals surface area contributed by atoms with E-state index in [9.17, 15) is 18.0 Å². The minimum Gasteiger partial charge on any atom is -0.457 e. The monoisotopic (exact) mass is 528 g/mol. The Hall–Kier alpha value is -4.31. The molecule has 1 heterocycles. The summed E-state index contributed by atoms with van der Waals surface area (Å²) in [6.45, 7) is 13.3. The van der Waals surface area contributed by atoms with Crippen molar-refractivity contribution in [2.75, 3.05) is 0 Å². The Morgan fingerprint density at radius 2 is 1.64 bits per heavy atom. The van der Waals surface area contributed by atoms with E-state index in [2.05, 4.69) is 11.8 Å². The van der Waals surface area contributed by atoms with E-state index in [1.165, 1.54) is 21.3 Å². The third-order valence-electron chi connectivity index (χ3n) is 7.37. The fourth-order valence-corrected chi connectivity index (χ4v) is 5.32. The van der Waals surface area contributed by atoms with Crippen molar-refractivity contribution in [1.82, 2.24) is 4.57 Å². The van der Waals surface area contributed by atoms with Crippen LogP contribution in [0.3, 0.4) is 0 Å². The van der Waals surface area contributed by atoms with Gasteiger partial charge in [-0.05, 0) is 110 Å². The summed E-state index contributed by atoms with van der Waals surface area (Å²) in [6, 6.07) is 17.3. The van der Waals surface area contributed by atoms with Crippen LogP contribution in [0.2, 0.25) is 0 Å². The predicted octanol–water partition coefficient (Wildman–Crippen LogP) is 8.34. The molecule has 3 aromatic carbocycles. The second-order valence-electron chi connectivity index (χ2n) is 10.0. The zero-order valence-electron chi connectivity index (χ0n) is 21.9. The summed E-state index contributed by atoms with van der Waals surface area (Å²) < 4.78 is 49.2. The Balaban J connectivity index is 1.58. The lowest BCUT2D eigenvalue weighted by Crippen LogP contribution is -2.25. The number of alkyl halides is 3. The van der Waals surface area contributed by atoms with Crippen LogP contribution in [0.25, 0.3) is 16.1 Å². The first kappa shape index (κ1) is 26.3. The number of ether oxygens (including phenoxy) is 1. The molecule has 0 saturated heterocycles. The lowest BCUT2D eigenvalue weighted by molar-refractivity contribution is -0.136. The lowest BCUT2D eigenvalue weighted by Gasteiger charge is -2.19. The number of benzene rings is 3. The molecule has 5 rings (SSSR count). The van der Waals surface area contributed by atoms with Crippen LogP contribution >= 0.6 is 0 Å². The van der Waals surface area contributed by atoms with Gasteiger partial charge in [0, 0.05) is 5.69 Å². The van der Waals surface area contributed by atoms with Gasteiger partial charge in [-0.1, -0.05) is 29.8 Å². The molecule has 4 aromatic rings. The summed E-state index contributed by atoms with van der Waals surface area (Å²) in [6.07, 6.45) is -1.79. The van der Waals surface area contributed by atoms with Crippen LogP contribution < -0.4 is 10.3 Å². The Kier molecular flexibility index (Phi) is 6.82. The summed E-state index contributed by atoms with van der Waals surface area (Å²) in [7, 11) is 0. The Morgan fingerprint density at radius 1 is 0.923 bits per heavy atom. The summed E-state index contributed by atoms with van der Waals surface area (Å²) in [5.41, 5.74) is 3.87. The maximum absolute atomic E-state index is 13.9. The highest BCUT2D eigenvalue weighted by atomic mass is 19.4. The van der Waals surface area contributed by atoms with Gasteiger partial charge in [0.1, 0.15) is 11.5 Å². The topological polar surface area (TPSA) is 35.6 Å². The number of aromatic nitrogens is 1. The molecular weight excluding hydrogens is 501 g/mol. The van der Waals surface area contributed by atoms with Crippen LogP contribution in [0.4, 0.5) is 18.9 Å². The molecule has 0 bridgehead atoms. The van der Waals surface area contributed by atoms with E-state index in [1.807, 2.05) is 44.2 Å². The van der Waals surface area contributed by atoms with Gasteiger partial charge in [0.2, 0.25) is 0 Å². The molecule has 1 aliphatic carbocycles. The van der Waals surface area contributed by atoms with Gasteiger partial charge in [0.25, 0.3) is 11.2 Å². The first-order valence-electron chi connectivity index (χ1n) is 12.7. The van der Waals surface area contributed by atoms with Crippen molar-refractivity contribution >= 4 is 5.69 Å². The van der Waals surface area contributed by atoms with Gasteiger partial charge in [0.05, 0.1) is 18.7 Å². The highest BCUT2D eigenvalue weighted by Crippen LogP contribution is 2.39. The third kappa shape index (κ3) is 5.07.